The number of allylic oxidation sites excluding steroid dienone is 1. The number of hydrogen-bond acceptors (Lipinski definition) is 4. The monoisotopic (exact) mass is 274 g/mol. The molecule has 1 N–H and O–H groups in total. The van der Waals surface area contributed by atoms with Gasteiger partial charge in [0.2, 0.25) is 12.1 Å². The minimum absolute atomic E-state index is 0.184. The van der Waals surface area contributed by atoms with E-state index in [1.165, 1.54) is 5.57 Å². The molecule has 106 valence electrons. The number of ether oxygens (including phenoxy) is 1. The Hall–Kier alpha value is -2.30. The van der Waals surface area contributed by atoms with E-state index in [2.05, 4.69) is 10.5 Å². The molecule has 1 unspecified atom stereocenters. The SMILES string of the molecule is CC(C)=CCOC1=NOC(NC(=O)c2ccccc2)C1. The smallest absolute Gasteiger partial charge is 0.254 e. The lowest BCUT2D eigenvalue weighted by molar-refractivity contribution is 0.0501. The quantitative estimate of drug-likeness (QED) is 0.858. The van der Waals surface area contributed by atoms with Crippen LogP contribution in [0.5, 0.6) is 0 Å². The van der Waals surface area contributed by atoms with Crippen LogP contribution in [0.2, 0.25) is 0 Å². The number of nitrogens with zero attached hydrogens (tertiary/aromatic N) is 1. The molecule has 0 radical (unpaired) electrons. The van der Waals surface area contributed by atoms with Crippen LogP contribution in [0.15, 0.2) is 47.1 Å². The normalized spacial score (nSPS) is 16.9. The van der Waals surface area contributed by atoms with Crippen molar-refractivity contribution in [2.24, 2.45) is 5.16 Å². The van der Waals surface area contributed by atoms with E-state index >= 15 is 0 Å². The topological polar surface area (TPSA) is 59.9 Å². The lowest BCUT2D eigenvalue weighted by Gasteiger charge is -2.10. The zero-order valence-corrected chi connectivity index (χ0v) is 11.6. The Bertz CT molecular complexity index is 519. The summed E-state index contributed by atoms with van der Waals surface area (Å²) in [6.07, 6.45) is 1.93. The largest absolute Gasteiger partial charge is 0.474 e. The van der Waals surface area contributed by atoms with Gasteiger partial charge in [0.15, 0.2) is 0 Å². The van der Waals surface area contributed by atoms with Crippen LogP contribution >= 0.6 is 0 Å². The Kier molecular flexibility index (Phi) is 4.76. The van der Waals surface area contributed by atoms with Gasteiger partial charge in [0, 0.05) is 5.56 Å². The lowest BCUT2D eigenvalue weighted by Crippen LogP contribution is -2.34. The Morgan fingerprint density at radius 2 is 2.20 bits per heavy atom. The number of carbonyl (C=O) groups excluding carboxylic acids is 1. The van der Waals surface area contributed by atoms with E-state index in [0.717, 1.165) is 0 Å². The number of hydrogen-bond donors (Lipinski definition) is 1. The van der Waals surface area contributed by atoms with Crippen LogP contribution in [-0.2, 0) is 9.57 Å². The molecule has 1 aromatic rings. The number of benzene rings is 1. The van der Waals surface area contributed by atoms with Gasteiger partial charge in [-0.05, 0) is 37.2 Å². The molecule has 5 heteroatoms. The van der Waals surface area contributed by atoms with E-state index in [9.17, 15) is 4.79 Å². The van der Waals surface area contributed by atoms with E-state index in [0.29, 0.717) is 24.5 Å². The number of rotatable bonds is 4. The molecule has 0 aliphatic carbocycles. The maximum absolute atomic E-state index is 11.9. The van der Waals surface area contributed by atoms with E-state index in [-0.39, 0.29) is 5.91 Å². The molecule has 0 bridgehead atoms. The highest BCUT2D eigenvalue weighted by atomic mass is 16.7. The first-order chi connectivity index (χ1) is 9.65. The highest BCUT2D eigenvalue weighted by molar-refractivity contribution is 5.94. The third-order valence-electron chi connectivity index (χ3n) is 2.71. The fourth-order valence-electron chi connectivity index (χ4n) is 1.64. The average molecular weight is 274 g/mol. The van der Waals surface area contributed by atoms with Gasteiger partial charge < -0.3 is 14.9 Å². The Labute approximate surface area is 118 Å². The van der Waals surface area contributed by atoms with Crippen LogP contribution in [0, 0.1) is 0 Å². The molecule has 1 aromatic carbocycles. The van der Waals surface area contributed by atoms with Gasteiger partial charge in [0.05, 0.1) is 6.42 Å². The highest BCUT2D eigenvalue weighted by Crippen LogP contribution is 2.10. The van der Waals surface area contributed by atoms with Gasteiger partial charge in [0.25, 0.3) is 5.91 Å². The molecule has 20 heavy (non-hydrogen) atoms. The summed E-state index contributed by atoms with van der Waals surface area (Å²) in [4.78, 5) is 17.0. The number of oxime groups is 1. The molecule has 0 saturated heterocycles. The van der Waals surface area contributed by atoms with Crippen molar-refractivity contribution >= 4 is 11.8 Å². The maximum Gasteiger partial charge on any atom is 0.254 e. The summed E-state index contributed by atoms with van der Waals surface area (Å²) >= 11 is 0. The second-order valence-electron chi connectivity index (χ2n) is 4.72. The summed E-state index contributed by atoms with van der Waals surface area (Å²) in [6, 6.07) is 8.99. The van der Waals surface area contributed by atoms with Crippen molar-refractivity contribution < 1.29 is 14.4 Å². The zero-order valence-electron chi connectivity index (χ0n) is 11.6. The van der Waals surface area contributed by atoms with Gasteiger partial charge >= 0.3 is 0 Å². The summed E-state index contributed by atoms with van der Waals surface area (Å²) in [5.41, 5.74) is 1.77. The summed E-state index contributed by atoms with van der Waals surface area (Å²) in [6.45, 7) is 4.46. The molecule has 0 fully saturated rings. The van der Waals surface area contributed by atoms with Gasteiger partial charge in [-0.3, -0.25) is 4.79 Å². The molecule has 0 saturated carbocycles. The van der Waals surface area contributed by atoms with Crippen molar-refractivity contribution in [1.82, 2.24) is 5.32 Å². The minimum atomic E-state index is -0.468. The Morgan fingerprint density at radius 3 is 2.90 bits per heavy atom. The molecule has 1 amide bonds. The molecule has 1 aliphatic heterocycles. The third kappa shape index (κ3) is 4.12. The number of amides is 1. The van der Waals surface area contributed by atoms with Crippen LogP contribution in [0.25, 0.3) is 0 Å². The average Bonchev–Trinajstić information content (AvgIpc) is 2.87. The fourth-order valence-corrected chi connectivity index (χ4v) is 1.64. The lowest BCUT2D eigenvalue weighted by atomic mass is 10.2. The van der Waals surface area contributed by atoms with Gasteiger partial charge in [0.1, 0.15) is 6.61 Å². The van der Waals surface area contributed by atoms with Gasteiger partial charge in [-0.2, -0.15) is 0 Å². The molecule has 0 aromatic heterocycles. The van der Waals surface area contributed by atoms with E-state index in [4.69, 9.17) is 9.57 Å². The Morgan fingerprint density at radius 1 is 1.45 bits per heavy atom. The summed E-state index contributed by atoms with van der Waals surface area (Å²) in [5.74, 6) is 0.317. The van der Waals surface area contributed by atoms with Crippen LogP contribution in [-0.4, -0.2) is 24.6 Å². The predicted molar refractivity (Wildman–Crippen MR) is 76.2 cm³/mol. The van der Waals surface area contributed by atoms with E-state index < -0.39 is 6.23 Å². The van der Waals surface area contributed by atoms with Crippen LogP contribution in [0.1, 0.15) is 30.6 Å². The van der Waals surface area contributed by atoms with Gasteiger partial charge in [-0.25, -0.2) is 0 Å². The summed E-state index contributed by atoms with van der Waals surface area (Å²) in [7, 11) is 0. The summed E-state index contributed by atoms with van der Waals surface area (Å²) in [5, 5.41) is 6.56. The zero-order chi connectivity index (χ0) is 14.4. The first-order valence-corrected chi connectivity index (χ1v) is 6.50. The highest BCUT2D eigenvalue weighted by Gasteiger charge is 2.24. The maximum atomic E-state index is 11.9. The fraction of sp³-hybridized carbons (Fsp3) is 0.333. The molecular formula is C15H18N2O3. The molecular weight excluding hydrogens is 256 g/mol. The minimum Gasteiger partial charge on any atom is -0.474 e. The standard InChI is InChI=1S/C15H18N2O3/c1-11(2)8-9-19-14-10-13(20-17-14)16-15(18)12-6-4-3-5-7-12/h3-8,13H,9-10H2,1-2H3,(H,16,18). The first-order valence-electron chi connectivity index (χ1n) is 6.50. The molecule has 0 spiro atoms. The van der Waals surface area contributed by atoms with Gasteiger partial charge in [-0.1, -0.05) is 23.8 Å². The van der Waals surface area contributed by atoms with E-state index in [1.54, 1.807) is 12.1 Å². The third-order valence-corrected chi connectivity index (χ3v) is 2.71. The molecule has 5 nitrogen and oxygen atoms in total. The van der Waals surface area contributed by atoms with Gasteiger partial charge in [-0.15, -0.1) is 0 Å². The van der Waals surface area contributed by atoms with Crippen LogP contribution in [0.4, 0.5) is 0 Å². The van der Waals surface area contributed by atoms with Crippen molar-refractivity contribution in [3.8, 4) is 0 Å². The first kappa shape index (κ1) is 14.1. The number of nitrogens with one attached hydrogen (secondary N) is 1. The van der Waals surface area contributed by atoms with Crippen molar-refractivity contribution in [2.45, 2.75) is 26.5 Å². The predicted octanol–water partition coefficient (Wildman–Crippen LogP) is 2.46. The molecule has 1 atom stereocenters. The van der Waals surface area contributed by atoms with Crippen LogP contribution in [0.3, 0.4) is 0 Å². The van der Waals surface area contributed by atoms with Crippen LogP contribution < -0.4 is 5.32 Å². The molecule has 1 heterocycles. The van der Waals surface area contributed by atoms with Crippen molar-refractivity contribution in [3.05, 3.63) is 47.5 Å². The van der Waals surface area contributed by atoms with E-state index in [1.807, 2.05) is 38.1 Å². The molecule has 2 rings (SSSR count). The van der Waals surface area contributed by atoms with Crippen molar-refractivity contribution in [2.75, 3.05) is 6.61 Å². The van der Waals surface area contributed by atoms with Crippen molar-refractivity contribution in [1.29, 1.82) is 0 Å². The second kappa shape index (κ2) is 6.75. The Balaban J connectivity index is 1.78. The molecule has 1 aliphatic rings. The van der Waals surface area contributed by atoms with Crippen molar-refractivity contribution in [3.63, 3.8) is 0 Å². The second-order valence-corrected chi connectivity index (χ2v) is 4.72. The summed E-state index contributed by atoms with van der Waals surface area (Å²) < 4.78 is 5.43. The number of carbonyl (C=O) groups is 1.